The Morgan fingerprint density at radius 1 is 1.29 bits per heavy atom. The summed E-state index contributed by atoms with van der Waals surface area (Å²) in [6.07, 6.45) is 3.83. The number of likely N-dealkylation sites (tertiary alicyclic amines) is 1. The Balaban J connectivity index is 1.42. The molecule has 0 aliphatic carbocycles. The summed E-state index contributed by atoms with van der Waals surface area (Å²) in [5.41, 5.74) is 1.11. The number of hydrogen-bond acceptors (Lipinski definition) is 3. The van der Waals surface area contributed by atoms with Gasteiger partial charge in [0.15, 0.2) is 0 Å². The van der Waals surface area contributed by atoms with Crippen molar-refractivity contribution in [3.05, 3.63) is 35.9 Å². The van der Waals surface area contributed by atoms with E-state index in [9.17, 15) is 9.59 Å². The topological polar surface area (TPSA) is 61.4 Å². The van der Waals surface area contributed by atoms with Crippen LogP contribution in [-0.4, -0.2) is 42.9 Å². The highest BCUT2D eigenvalue weighted by atomic mass is 16.2. The van der Waals surface area contributed by atoms with Gasteiger partial charge in [0, 0.05) is 26.1 Å². The first-order chi connectivity index (χ1) is 11.7. The number of hydrogen-bond donors (Lipinski definition) is 2. The van der Waals surface area contributed by atoms with Gasteiger partial charge in [-0.25, -0.2) is 0 Å². The van der Waals surface area contributed by atoms with Crippen LogP contribution in [0.25, 0.3) is 0 Å². The summed E-state index contributed by atoms with van der Waals surface area (Å²) in [7, 11) is 0. The van der Waals surface area contributed by atoms with E-state index >= 15 is 0 Å². The lowest BCUT2D eigenvalue weighted by atomic mass is 9.96. The number of nitrogens with zero attached hydrogens (tertiary/aromatic N) is 1. The smallest absolute Gasteiger partial charge is 0.225 e. The zero-order chi connectivity index (χ0) is 16.8. The van der Waals surface area contributed by atoms with Crippen LogP contribution in [0.15, 0.2) is 30.3 Å². The predicted molar refractivity (Wildman–Crippen MR) is 93.2 cm³/mol. The van der Waals surface area contributed by atoms with Crippen LogP contribution in [-0.2, 0) is 16.1 Å². The quantitative estimate of drug-likeness (QED) is 0.832. The molecule has 2 unspecified atom stereocenters. The van der Waals surface area contributed by atoms with Crippen LogP contribution in [0.5, 0.6) is 0 Å². The summed E-state index contributed by atoms with van der Waals surface area (Å²) < 4.78 is 0. The Hall–Kier alpha value is -1.88. The molecule has 2 saturated heterocycles. The third kappa shape index (κ3) is 4.57. The zero-order valence-corrected chi connectivity index (χ0v) is 14.2. The van der Waals surface area contributed by atoms with E-state index in [1.165, 1.54) is 12.8 Å². The number of rotatable bonds is 6. The third-order valence-corrected chi connectivity index (χ3v) is 5.05. The van der Waals surface area contributed by atoms with E-state index in [1.54, 1.807) is 4.90 Å². The summed E-state index contributed by atoms with van der Waals surface area (Å²) in [5, 5.41) is 6.43. The van der Waals surface area contributed by atoms with Crippen molar-refractivity contribution in [2.45, 2.75) is 32.2 Å². The molecule has 0 saturated carbocycles. The normalized spacial score (nSPS) is 24.2. The number of carbonyl (C=O) groups is 2. The van der Waals surface area contributed by atoms with Gasteiger partial charge < -0.3 is 15.5 Å². The van der Waals surface area contributed by atoms with Gasteiger partial charge in [0.1, 0.15) is 0 Å². The Bertz CT molecular complexity index is 555. The molecule has 2 amide bonds. The molecule has 2 N–H and O–H groups in total. The molecule has 2 aliphatic heterocycles. The van der Waals surface area contributed by atoms with E-state index in [2.05, 4.69) is 10.6 Å². The van der Waals surface area contributed by atoms with E-state index in [0.717, 1.165) is 25.1 Å². The first kappa shape index (κ1) is 17.0. The third-order valence-electron chi connectivity index (χ3n) is 5.05. The highest BCUT2D eigenvalue weighted by Crippen LogP contribution is 2.20. The minimum atomic E-state index is -0.203. The monoisotopic (exact) mass is 329 g/mol. The van der Waals surface area contributed by atoms with Crippen LogP contribution in [0.2, 0.25) is 0 Å². The Morgan fingerprint density at radius 3 is 2.88 bits per heavy atom. The molecule has 5 nitrogen and oxygen atoms in total. The number of carbonyl (C=O) groups excluding carboxylic acids is 2. The van der Waals surface area contributed by atoms with Crippen molar-refractivity contribution in [3.63, 3.8) is 0 Å². The molecule has 2 atom stereocenters. The lowest BCUT2D eigenvalue weighted by Crippen LogP contribution is -2.36. The molecule has 0 radical (unpaired) electrons. The highest BCUT2D eigenvalue weighted by Gasteiger charge is 2.34. The minimum Gasteiger partial charge on any atom is -0.356 e. The fourth-order valence-electron chi connectivity index (χ4n) is 3.62. The molecular formula is C19H27N3O2. The fourth-order valence-corrected chi connectivity index (χ4v) is 3.62. The van der Waals surface area contributed by atoms with E-state index in [-0.39, 0.29) is 17.7 Å². The largest absolute Gasteiger partial charge is 0.356 e. The lowest BCUT2D eigenvalue weighted by Gasteiger charge is -2.23. The summed E-state index contributed by atoms with van der Waals surface area (Å²) >= 11 is 0. The van der Waals surface area contributed by atoms with Gasteiger partial charge in [-0.1, -0.05) is 30.3 Å². The van der Waals surface area contributed by atoms with Crippen LogP contribution in [0.4, 0.5) is 0 Å². The van der Waals surface area contributed by atoms with Gasteiger partial charge in [0.05, 0.1) is 5.92 Å². The summed E-state index contributed by atoms with van der Waals surface area (Å²) in [4.78, 5) is 26.3. The molecular weight excluding hydrogens is 302 g/mol. The average Bonchev–Trinajstić information content (AvgIpc) is 2.97. The van der Waals surface area contributed by atoms with Crippen molar-refractivity contribution >= 4 is 11.8 Å². The molecule has 5 heteroatoms. The maximum Gasteiger partial charge on any atom is 0.225 e. The van der Waals surface area contributed by atoms with Crippen molar-refractivity contribution in [2.75, 3.05) is 26.2 Å². The summed E-state index contributed by atoms with van der Waals surface area (Å²) in [5.74, 6) is 0.572. The summed E-state index contributed by atoms with van der Waals surface area (Å²) in [6, 6.07) is 9.94. The Kier molecular flexibility index (Phi) is 5.86. The minimum absolute atomic E-state index is 0.0303. The SMILES string of the molecule is O=C(NCCC1CCCNC1)C1CC(=O)N(Cc2ccccc2)C1. The molecule has 2 fully saturated rings. The van der Waals surface area contributed by atoms with Gasteiger partial charge in [-0.05, 0) is 43.8 Å². The molecule has 1 aromatic rings. The van der Waals surface area contributed by atoms with Crippen molar-refractivity contribution < 1.29 is 9.59 Å². The molecule has 24 heavy (non-hydrogen) atoms. The van der Waals surface area contributed by atoms with E-state index < -0.39 is 0 Å². The first-order valence-electron chi connectivity index (χ1n) is 9.02. The second-order valence-electron chi connectivity index (χ2n) is 6.95. The zero-order valence-electron chi connectivity index (χ0n) is 14.2. The molecule has 130 valence electrons. The average molecular weight is 329 g/mol. The van der Waals surface area contributed by atoms with Gasteiger partial charge in [-0.2, -0.15) is 0 Å². The second kappa shape index (κ2) is 8.29. The van der Waals surface area contributed by atoms with Gasteiger partial charge in [0.25, 0.3) is 0 Å². The van der Waals surface area contributed by atoms with Crippen LogP contribution in [0, 0.1) is 11.8 Å². The predicted octanol–water partition coefficient (Wildman–Crippen LogP) is 1.54. The molecule has 2 aliphatic rings. The summed E-state index contributed by atoms with van der Waals surface area (Å²) in [6.45, 7) is 4.02. The van der Waals surface area contributed by atoms with Crippen LogP contribution in [0.1, 0.15) is 31.2 Å². The molecule has 0 spiro atoms. The van der Waals surface area contributed by atoms with E-state index in [4.69, 9.17) is 0 Å². The fraction of sp³-hybridized carbons (Fsp3) is 0.579. The van der Waals surface area contributed by atoms with Gasteiger partial charge in [-0.15, -0.1) is 0 Å². The number of amides is 2. The standard InChI is InChI=1S/C19H27N3O2/c23-18-11-17(14-22(18)13-16-5-2-1-3-6-16)19(24)21-10-8-15-7-4-9-20-12-15/h1-3,5-6,15,17,20H,4,7-14H2,(H,21,24). The van der Waals surface area contributed by atoms with Crippen LogP contribution in [0.3, 0.4) is 0 Å². The molecule has 3 rings (SSSR count). The Labute approximate surface area is 143 Å². The highest BCUT2D eigenvalue weighted by molar-refractivity contribution is 5.89. The number of benzene rings is 1. The van der Waals surface area contributed by atoms with Gasteiger partial charge >= 0.3 is 0 Å². The number of nitrogens with one attached hydrogen (secondary N) is 2. The second-order valence-corrected chi connectivity index (χ2v) is 6.95. The molecule has 1 aromatic carbocycles. The molecule has 2 heterocycles. The van der Waals surface area contributed by atoms with Crippen molar-refractivity contribution in [1.82, 2.24) is 15.5 Å². The van der Waals surface area contributed by atoms with E-state index in [0.29, 0.717) is 32.0 Å². The Morgan fingerprint density at radius 2 is 2.12 bits per heavy atom. The first-order valence-corrected chi connectivity index (χ1v) is 9.02. The molecule has 0 aromatic heterocycles. The van der Waals surface area contributed by atoms with Gasteiger partial charge in [0.2, 0.25) is 11.8 Å². The maximum absolute atomic E-state index is 12.3. The lowest BCUT2D eigenvalue weighted by molar-refractivity contribution is -0.129. The van der Waals surface area contributed by atoms with Crippen molar-refractivity contribution in [1.29, 1.82) is 0 Å². The van der Waals surface area contributed by atoms with E-state index in [1.807, 2.05) is 30.3 Å². The number of piperidine rings is 1. The maximum atomic E-state index is 12.3. The van der Waals surface area contributed by atoms with Crippen LogP contribution < -0.4 is 10.6 Å². The van der Waals surface area contributed by atoms with Crippen molar-refractivity contribution in [3.8, 4) is 0 Å². The van der Waals surface area contributed by atoms with Gasteiger partial charge in [-0.3, -0.25) is 9.59 Å². The molecule has 0 bridgehead atoms. The van der Waals surface area contributed by atoms with Crippen LogP contribution >= 0.6 is 0 Å². The van der Waals surface area contributed by atoms with Crippen molar-refractivity contribution in [2.24, 2.45) is 11.8 Å².